The van der Waals surface area contributed by atoms with Crippen LogP contribution in [0.25, 0.3) is 0 Å². The Kier molecular flexibility index (Phi) is 6.16. The van der Waals surface area contributed by atoms with Crippen LogP contribution in [0.5, 0.6) is 0 Å². The van der Waals surface area contributed by atoms with Crippen molar-refractivity contribution in [3.8, 4) is 0 Å². The highest BCUT2D eigenvalue weighted by molar-refractivity contribution is 6.05. The van der Waals surface area contributed by atoms with Crippen molar-refractivity contribution < 1.29 is 38.1 Å². The van der Waals surface area contributed by atoms with E-state index in [1.807, 2.05) is 54.6 Å². The van der Waals surface area contributed by atoms with E-state index in [0.29, 0.717) is 6.42 Å². The summed E-state index contributed by atoms with van der Waals surface area (Å²) in [5, 5.41) is 0. The van der Waals surface area contributed by atoms with Crippen LogP contribution in [-0.2, 0) is 50.0 Å². The zero-order valence-corrected chi connectivity index (χ0v) is 20.3. The van der Waals surface area contributed by atoms with Gasteiger partial charge in [0, 0.05) is 32.6 Å². The summed E-state index contributed by atoms with van der Waals surface area (Å²) in [5.41, 5.74) is 1.76. The summed E-state index contributed by atoms with van der Waals surface area (Å²) >= 11 is 0. The van der Waals surface area contributed by atoms with Crippen molar-refractivity contribution in [2.24, 2.45) is 5.92 Å². The minimum absolute atomic E-state index is 0.00517. The van der Waals surface area contributed by atoms with Crippen LogP contribution < -0.4 is 0 Å². The lowest BCUT2D eigenvalue weighted by Crippen LogP contribution is -2.51. The first kappa shape index (κ1) is 24.2. The van der Waals surface area contributed by atoms with Crippen LogP contribution in [0.3, 0.4) is 0 Å². The first-order chi connectivity index (χ1) is 17.2. The predicted octanol–water partition coefficient (Wildman–Crippen LogP) is 2.66. The van der Waals surface area contributed by atoms with Crippen molar-refractivity contribution in [1.82, 2.24) is 0 Å². The Hall–Kier alpha value is -3.52. The number of fused-ring (bicyclic) bond motifs is 5. The van der Waals surface area contributed by atoms with Crippen molar-refractivity contribution in [3.05, 3.63) is 71.3 Å². The van der Waals surface area contributed by atoms with Gasteiger partial charge >= 0.3 is 17.9 Å². The first-order valence-corrected chi connectivity index (χ1v) is 12.1. The van der Waals surface area contributed by atoms with Crippen molar-refractivity contribution >= 4 is 23.7 Å². The van der Waals surface area contributed by atoms with Crippen LogP contribution in [-0.4, -0.2) is 54.7 Å². The largest absolute Gasteiger partial charge is 0.463 e. The molecule has 2 fully saturated rings. The van der Waals surface area contributed by atoms with Crippen LogP contribution in [0.1, 0.15) is 43.4 Å². The minimum atomic E-state index is -1.04. The molecule has 3 aliphatic rings. The number of Topliss-reactive ketones (excluding diaryl/α,β-unsaturated/α-hetero) is 1. The lowest BCUT2D eigenvalue weighted by Gasteiger charge is -2.35. The number of ether oxygens (including phenoxy) is 4. The van der Waals surface area contributed by atoms with Gasteiger partial charge in [0.25, 0.3) is 0 Å². The molecule has 0 N–H and O–H groups in total. The normalized spacial score (nSPS) is 31.8. The van der Waals surface area contributed by atoms with Gasteiger partial charge in [-0.3, -0.25) is 19.2 Å². The molecule has 0 amide bonds. The second-order valence-electron chi connectivity index (χ2n) is 9.63. The fourth-order valence-electron chi connectivity index (χ4n) is 6.12. The molecule has 7 atom stereocenters. The highest BCUT2D eigenvalue weighted by Crippen LogP contribution is 2.68. The second kappa shape index (κ2) is 9.17. The summed E-state index contributed by atoms with van der Waals surface area (Å²) in [6, 6.07) is 17.5. The number of benzene rings is 2. The van der Waals surface area contributed by atoms with Gasteiger partial charge in [-0.05, 0) is 23.1 Å². The first-order valence-electron chi connectivity index (χ1n) is 12.1. The Balaban J connectivity index is 1.56. The Morgan fingerprint density at radius 1 is 0.861 bits per heavy atom. The third-order valence-corrected chi connectivity index (χ3v) is 7.40. The molecule has 188 valence electrons. The molecule has 4 unspecified atom stereocenters. The SMILES string of the molecule is CC(=O)OC[C@H]1OC2C([C@@H](OC(C)=O)[C@H]1OC(C)=O)C21C(=O)C(Cc2ccccc2)c2ccccc21. The highest BCUT2D eigenvalue weighted by atomic mass is 16.6. The van der Waals surface area contributed by atoms with Crippen molar-refractivity contribution in [2.45, 2.75) is 62.9 Å². The maximum Gasteiger partial charge on any atom is 0.303 e. The molecule has 1 saturated heterocycles. The fourth-order valence-corrected chi connectivity index (χ4v) is 6.12. The lowest BCUT2D eigenvalue weighted by atomic mass is 9.88. The van der Waals surface area contributed by atoms with Crippen molar-refractivity contribution in [1.29, 1.82) is 0 Å². The summed E-state index contributed by atoms with van der Waals surface area (Å²) in [5.74, 6) is -2.62. The van der Waals surface area contributed by atoms with Gasteiger partial charge in [0.1, 0.15) is 18.8 Å². The number of carbonyl (C=O) groups excluding carboxylic acids is 4. The quantitative estimate of drug-likeness (QED) is 0.448. The Morgan fingerprint density at radius 3 is 2.17 bits per heavy atom. The monoisotopic (exact) mass is 492 g/mol. The summed E-state index contributed by atoms with van der Waals surface area (Å²) < 4.78 is 22.8. The zero-order valence-electron chi connectivity index (χ0n) is 20.3. The molecule has 1 saturated carbocycles. The van der Waals surface area contributed by atoms with E-state index >= 15 is 0 Å². The van der Waals surface area contributed by atoms with E-state index in [4.69, 9.17) is 18.9 Å². The molecular weight excluding hydrogens is 464 g/mol. The standard InChI is InChI=1S/C28H28O8/c1-15(29)33-14-22-24(34-16(2)30)25(35-17(3)31)23-27(36-22)28(23)21-12-8-7-11-19(21)20(26(28)32)13-18-9-5-4-6-10-18/h4-12,20,22-25,27H,13-14H2,1-3H3/t20?,22-,23?,24+,25-,27?,28?/m1/s1. The molecule has 8 heteroatoms. The maximum atomic E-state index is 14.2. The van der Waals surface area contributed by atoms with E-state index in [2.05, 4.69) is 0 Å². The molecular formula is C28H28O8. The molecule has 2 aromatic rings. The van der Waals surface area contributed by atoms with E-state index in [1.165, 1.54) is 20.8 Å². The third-order valence-electron chi connectivity index (χ3n) is 7.40. The molecule has 5 rings (SSSR count). The van der Waals surface area contributed by atoms with E-state index < -0.39 is 59.6 Å². The molecule has 0 bridgehead atoms. The molecule has 36 heavy (non-hydrogen) atoms. The van der Waals surface area contributed by atoms with E-state index in [0.717, 1.165) is 16.7 Å². The summed E-state index contributed by atoms with van der Waals surface area (Å²) in [6.07, 6.45) is -2.93. The summed E-state index contributed by atoms with van der Waals surface area (Å²) in [7, 11) is 0. The lowest BCUT2D eigenvalue weighted by molar-refractivity contribution is -0.202. The highest BCUT2D eigenvalue weighted by Gasteiger charge is 2.81. The summed E-state index contributed by atoms with van der Waals surface area (Å²) in [4.78, 5) is 49.9. The molecule has 2 aliphatic carbocycles. The van der Waals surface area contributed by atoms with Crippen LogP contribution in [0.2, 0.25) is 0 Å². The van der Waals surface area contributed by atoms with Gasteiger partial charge in [0.05, 0.1) is 11.5 Å². The molecule has 2 aromatic carbocycles. The van der Waals surface area contributed by atoms with E-state index in [9.17, 15) is 19.2 Å². The number of esters is 3. The number of carbonyl (C=O) groups is 4. The molecule has 1 heterocycles. The Morgan fingerprint density at radius 2 is 1.50 bits per heavy atom. The number of rotatable bonds is 6. The second-order valence-corrected chi connectivity index (χ2v) is 9.63. The van der Waals surface area contributed by atoms with Gasteiger partial charge in [0.2, 0.25) is 0 Å². The van der Waals surface area contributed by atoms with Crippen LogP contribution >= 0.6 is 0 Å². The zero-order chi connectivity index (χ0) is 25.6. The third kappa shape index (κ3) is 3.89. The maximum absolute atomic E-state index is 14.2. The smallest absolute Gasteiger partial charge is 0.303 e. The van der Waals surface area contributed by atoms with Gasteiger partial charge in [-0.2, -0.15) is 0 Å². The minimum Gasteiger partial charge on any atom is -0.463 e. The fraction of sp³-hybridized carbons (Fsp3) is 0.429. The average molecular weight is 493 g/mol. The molecule has 0 radical (unpaired) electrons. The number of ketones is 1. The van der Waals surface area contributed by atoms with E-state index in [1.54, 1.807) is 0 Å². The van der Waals surface area contributed by atoms with E-state index in [-0.39, 0.29) is 12.4 Å². The van der Waals surface area contributed by atoms with Crippen LogP contribution in [0, 0.1) is 5.92 Å². The number of hydrogen-bond donors (Lipinski definition) is 0. The predicted molar refractivity (Wildman–Crippen MR) is 126 cm³/mol. The topological polar surface area (TPSA) is 105 Å². The average Bonchev–Trinajstić information content (AvgIpc) is 3.44. The Bertz CT molecular complexity index is 1210. The van der Waals surface area contributed by atoms with Gasteiger partial charge < -0.3 is 18.9 Å². The Labute approximate surface area is 208 Å². The van der Waals surface area contributed by atoms with Gasteiger partial charge in [0.15, 0.2) is 11.9 Å². The van der Waals surface area contributed by atoms with Crippen LogP contribution in [0.4, 0.5) is 0 Å². The molecule has 1 spiro atoms. The molecule has 0 aromatic heterocycles. The van der Waals surface area contributed by atoms with Gasteiger partial charge in [-0.25, -0.2) is 0 Å². The van der Waals surface area contributed by atoms with Crippen molar-refractivity contribution in [3.63, 3.8) is 0 Å². The van der Waals surface area contributed by atoms with Gasteiger partial charge in [-0.1, -0.05) is 54.6 Å². The molecule has 1 aliphatic heterocycles. The van der Waals surface area contributed by atoms with Crippen molar-refractivity contribution in [2.75, 3.05) is 6.61 Å². The summed E-state index contributed by atoms with van der Waals surface area (Å²) in [6.45, 7) is 3.58. The number of hydrogen-bond acceptors (Lipinski definition) is 8. The van der Waals surface area contributed by atoms with Gasteiger partial charge in [-0.15, -0.1) is 0 Å². The molecule has 8 nitrogen and oxygen atoms in total. The van der Waals surface area contributed by atoms with Crippen LogP contribution in [0.15, 0.2) is 54.6 Å².